The van der Waals surface area contributed by atoms with Crippen LogP contribution in [0.25, 0.3) is 6.08 Å². The molecule has 0 unspecified atom stereocenters. The van der Waals surface area contributed by atoms with E-state index in [0.29, 0.717) is 6.54 Å². The minimum absolute atomic E-state index is 0.0809. The largest absolute Gasteiger partial charge is 0.491 e. The summed E-state index contributed by atoms with van der Waals surface area (Å²) in [6.07, 6.45) is 3.45. The van der Waals surface area contributed by atoms with Gasteiger partial charge in [-0.25, -0.2) is 0 Å². The van der Waals surface area contributed by atoms with Crippen molar-refractivity contribution in [3.8, 4) is 5.75 Å². The molecule has 0 spiro atoms. The van der Waals surface area contributed by atoms with Gasteiger partial charge < -0.3 is 10.1 Å². The van der Waals surface area contributed by atoms with Crippen LogP contribution in [0.4, 0.5) is 0 Å². The number of ether oxygens (including phenoxy) is 1. The fourth-order valence-corrected chi connectivity index (χ4v) is 1.37. The number of amides is 1. The molecule has 0 saturated carbocycles. The lowest BCUT2D eigenvalue weighted by atomic mass is 10.2. The number of benzene rings is 1. The molecule has 0 aromatic heterocycles. The number of hydrogen-bond acceptors (Lipinski definition) is 2. The molecule has 92 valence electrons. The highest BCUT2D eigenvalue weighted by atomic mass is 16.5. The lowest BCUT2D eigenvalue weighted by Gasteiger charge is -2.09. The number of carbonyl (C=O) groups excluding carboxylic acids is 1. The fraction of sp³-hybridized carbons (Fsp3) is 0.357. The quantitative estimate of drug-likeness (QED) is 0.794. The van der Waals surface area contributed by atoms with E-state index in [9.17, 15) is 4.79 Å². The lowest BCUT2D eigenvalue weighted by molar-refractivity contribution is -0.116. The van der Waals surface area contributed by atoms with Gasteiger partial charge in [-0.3, -0.25) is 4.79 Å². The number of likely N-dealkylation sites (N-methyl/N-ethyl adjacent to an activating group) is 1. The van der Waals surface area contributed by atoms with Crippen molar-refractivity contribution in [1.82, 2.24) is 5.32 Å². The van der Waals surface area contributed by atoms with Crippen molar-refractivity contribution in [2.75, 3.05) is 6.54 Å². The fourth-order valence-electron chi connectivity index (χ4n) is 1.37. The van der Waals surface area contributed by atoms with Crippen LogP contribution in [0.2, 0.25) is 0 Å². The van der Waals surface area contributed by atoms with Gasteiger partial charge >= 0.3 is 0 Å². The van der Waals surface area contributed by atoms with E-state index in [1.54, 1.807) is 6.08 Å². The summed E-state index contributed by atoms with van der Waals surface area (Å²) in [5, 5.41) is 2.71. The van der Waals surface area contributed by atoms with Gasteiger partial charge in [-0.2, -0.15) is 0 Å². The maximum Gasteiger partial charge on any atom is 0.243 e. The molecule has 1 amide bonds. The van der Waals surface area contributed by atoms with Gasteiger partial charge in [0.2, 0.25) is 5.91 Å². The van der Waals surface area contributed by atoms with Crippen molar-refractivity contribution in [2.24, 2.45) is 0 Å². The van der Waals surface area contributed by atoms with Crippen LogP contribution in [0.5, 0.6) is 5.75 Å². The van der Waals surface area contributed by atoms with E-state index in [4.69, 9.17) is 4.74 Å². The van der Waals surface area contributed by atoms with Gasteiger partial charge in [0, 0.05) is 12.6 Å². The highest BCUT2D eigenvalue weighted by molar-refractivity contribution is 5.91. The van der Waals surface area contributed by atoms with E-state index >= 15 is 0 Å². The zero-order chi connectivity index (χ0) is 12.7. The maximum atomic E-state index is 11.2. The summed E-state index contributed by atoms with van der Waals surface area (Å²) >= 11 is 0. The van der Waals surface area contributed by atoms with Gasteiger partial charge in [0.05, 0.1) is 6.10 Å². The van der Waals surface area contributed by atoms with Crippen molar-refractivity contribution in [3.05, 3.63) is 35.9 Å². The van der Waals surface area contributed by atoms with Crippen molar-refractivity contribution < 1.29 is 9.53 Å². The van der Waals surface area contributed by atoms with E-state index in [1.807, 2.05) is 45.0 Å². The highest BCUT2D eigenvalue weighted by Crippen LogP contribution is 2.15. The average Bonchev–Trinajstić information content (AvgIpc) is 2.26. The summed E-state index contributed by atoms with van der Waals surface area (Å²) in [6, 6.07) is 7.66. The van der Waals surface area contributed by atoms with Crippen LogP contribution in [0.1, 0.15) is 26.3 Å². The van der Waals surface area contributed by atoms with Crippen molar-refractivity contribution >= 4 is 12.0 Å². The molecule has 0 fully saturated rings. The monoisotopic (exact) mass is 233 g/mol. The summed E-state index contributed by atoms with van der Waals surface area (Å²) in [4.78, 5) is 11.2. The number of nitrogens with one attached hydrogen (secondary N) is 1. The molecule has 0 radical (unpaired) electrons. The Bertz CT molecular complexity index is 397. The second-order valence-electron chi connectivity index (χ2n) is 3.97. The average molecular weight is 233 g/mol. The Kier molecular flexibility index (Phi) is 5.27. The van der Waals surface area contributed by atoms with Gasteiger partial charge in [0.25, 0.3) is 0 Å². The normalized spacial score (nSPS) is 10.8. The van der Waals surface area contributed by atoms with Crippen molar-refractivity contribution in [1.29, 1.82) is 0 Å². The van der Waals surface area contributed by atoms with E-state index in [-0.39, 0.29) is 12.0 Å². The Balaban J connectivity index is 2.68. The number of rotatable bonds is 5. The topological polar surface area (TPSA) is 38.3 Å². The van der Waals surface area contributed by atoms with Gasteiger partial charge in [0.15, 0.2) is 0 Å². The third-order valence-electron chi connectivity index (χ3n) is 2.01. The molecule has 0 aliphatic rings. The molecule has 1 aromatic rings. The molecule has 0 bridgehead atoms. The van der Waals surface area contributed by atoms with Crippen LogP contribution in [0.3, 0.4) is 0 Å². The Morgan fingerprint density at radius 2 is 2.24 bits per heavy atom. The molecule has 17 heavy (non-hydrogen) atoms. The summed E-state index contributed by atoms with van der Waals surface area (Å²) in [6.45, 7) is 6.50. The zero-order valence-corrected chi connectivity index (χ0v) is 10.6. The second-order valence-corrected chi connectivity index (χ2v) is 3.97. The molecule has 0 aliphatic heterocycles. The van der Waals surface area contributed by atoms with Gasteiger partial charge in [0.1, 0.15) is 5.75 Å². The summed E-state index contributed by atoms with van der Waals surface area (Å²) in [5.74, 6) is 0.737. The predicted molar refractivity (Wildman–Crippen MR) is 69.9 cm³/mol. The molecular weight excluding hydrogens is 214 g/mol. The maximum absolute atomic E-state index is 11.2. The molecule has 0 heterocycles. The zero-order valence-electron chi connectivity index (χ0n) is 10.6. The predicted octanol–water partition coefficient (Wildman–Crippen LogP) is 2.62. The van der Waals surface area contributed by atoms with Gasteiger partial charge in [-0.15, -0.1) is 0 Å². The number of carbonyl (C=O) groups is 1. The second kappa shape index (κ2) is 6.74. The Morgan fingerprint density at radius 3 is 2.88 bits per heavy atom. The molecule has 0 atom stereocenters. The van der Waals surface area contributed by atoms with Crippen LogP contribution >= 0.6 is 0 Å². The van der Waals surface area contributed by atoms with Crippen LogP contribution in [-0.4, -0.2) is 18.6 Å². The number of hydrogen-bond donors (Lipinski definition) is 1. The van der Waals surface area contributed by atoms with E-state index in [1.165, 1.54) is 6.08 Å². The van der Waals surface area contributed by atoms with Crippen molar-refractivity contribution in [3.63, 3.8) is 0 Å². The van der Waals surface area contributed by atoms with E-state index < -0.39 is 0 Å². The van der Waals surface area contributed by atoms with Crippen LogP contribution < -0.4 is 10.1 Å². The molecule has 1 N–H and O–H groups in total. The molecule has 1 rings (SSSR count). The van der Waals surface area contributed by atoms with E-state index in [2.05, 4.69) is 5.32 Å². The van der Waals surface area contributed by atoms with E-state index in [0.717, 1.165) is 11.3 Å². The first-order valence-electron chi connectivity index (χ1n) is 5.84. The third-order valence-corrected chi connectivity index (χ3v) is 2.01. The van der Waals surface area contributed by atoms with Gasteiger partial charge in [-0.1, -0.05) is 12.1 Å². The summed E-state index contributed by atoms with van der Waals surface area (Å²) < 4.78 is 5.57. The van der Waals surface area contributed by atoms with Crippen LogP contribution in [0, 0.1) is 0 Å². The SMILES string of the molecule is CCNC(=O)/C=C/c1cccc(OC(C)C)c1. The summed E-state index contributed by atoms with van der Waals surface area (Å²) in [5.41, 5.74) is 0.953. The van der Waals surface area contributed by atoms with Crippen LogP contribution in [-0.2, 0) is 4.79 Å². The highest BCUT2D eigenvalue weighted by Gasteiger charge is 1.98. The Morgan fingerprint density at radius 1 is 1.47 bits per heavy atom. The molecule has 0 aliphatic carbocycles. The Labute approximate surface area is 102 Å². The summed E-state index contributed by atoms with van der Waals surface area (Å²) in [7, 11) is 0. The molecule has 3 heteroatoms. The standard InChI is InChI=1S/C14H19NO2/c1-4-15-14(16)9-8-12-6-5-7-13(10-12)17-11(2)3/h5-11H,4H2,1-3H3,(H,15,16)/b9-8+. The molecular formula is C14H19NO2. The molecule has 1 aromatic carbocycles. The molecule has 3 nitrogen and oxygen atoms in total. The third kappa shape index (κ3) is 5.20. The minimum Gasteiger partial charge on any atom is -0.491 e. The first-order valence-corrected chi connectivity index (χ1v) is 5.84. The minimum atomic E-state index is -0.0809. The first kappa shape index (κ1) is 13.3. The first-order chi connectivity index (χ1) is 8.11. The lowest BCUT2D eigenvalue weighted by Crippen LogP contribution is -2.19. The van der Waals surface area contributed by atoms with Gasteiger partial charge in [-0.05, 0) is 44.5 Å². The Hall–Kier alpha value is -1.77. The smallest absolute Gasteiger partial charge is 0.243 e. The molecule has 0 saturated heterocycles. The van der Waals surface area contributed by atoms with Crippen molar-refractivity contribution in [2.45, 2.75) is 26.9 Å². The van der Waals surface area contributed by atoms with Crippen LogP contribution in [0.15, 0.2) is 30.3 Å².